The molecule has 1 rings (SSSR count). The van der Waals surface area contributed by atoms with Crippen LogP contribution in [0.25, 0.3) is 0 Å². The van der Waals surface area contributed by atoms with E-state index >= 15 is 0 Å². The molecule has 0 saturated heterocycles. The molecule has 0 radical (unpaired) electrons. The molecule has 5 nitrogen and oxygen atoms in total. The number of hydrogen-bond donors (Lipinski definition) is 3. The van der Waals surface area contributed by atoms with Crippen LogP contribution in [0, 0.1) is 5.82 Å². The van der Waals surface area contributed by atoms with Gasteiger partial charge in [-0.05, 0) is 24.1 Å². The SMILES string of the molecule is NC(CCCNC(=O)Cc1ccc(F)cc1)=NO. The lowest BCUT2D eigenvalue weighted by Gasteiger charge is -2.05. The first kappa shape index (κ1) is 14.0. The van der Waals surface area contributed by atoms with Crippen molar-refractivity contribution in [1.82, 2.24) is 5.32 Å². The van der Waals surface area contributed by atoms with Gasteiger partial charge in [0.2, 0.25) is 5.91 Å². The highest BCUT2D eigenvalue weighted by Gasteiger charge is 2.03. The molecule has 1 aromatic carbocycles. The number of nitrogens with two attached hydrogens (primary N) is 1. The molecular formula is C12H16FN3O2. The summed E-state index contributed by atoms with van der Waals surface area (Å²) in [6.45, 7) is 0.455. The van der Waals surface area contributed by atoms with E-state index in [1.165, 1.54) is 12.1 Å². The predicted octanol–water partition coefficient (Wildman–Crippen LogP) is 1.01. The topological polar surface area (TPSA) is 87.7 Å². The van der Waals surface area contributed by atoms with E-state index in [1.54, 1.807) is 12.1 Å². The Kier molecular flexibility index (Phi) is 5.63. The summed E-state index contributed by atoms with van der Waals surface area (Å²) in [6.07, 6.45) is 1.24. The average Bonchev–Trinajstić information content (AvgIpc) is 2.37. The average molecular weight is 253 g/mol. The zero-order chi connectivity index (χ0) is 13.4. The molecule has 0 saturated carbocycles. The van der Waals surface area contributed by atoms with Crippen molar-refractivity contribution in [1.29, 1.82) is 0 Å². The first-order valence-electron chi connectivity index (χ1n) is 5.59. The van der Waals surface area contributed by atoms with Crippen LogP contribution in [-0.4, -0.2) is 23.5 Å². The summed E-state index contributed by atoms with van der Waals surface area (Å²) >= 11 is 0. The number of amides is 1. The maximum absolute atomic E-state index is 12.6. The molecule has 18 heavy (non-hydrogen) atoms. The largest absolute Gasteiger partial charge is 0.409 e. The van der Waals surface area contributed by atoms with Crippen molar-refractivity contribution in [3.05, 3.63) is 35.6 Å². The Morgan fingerprint density at radius 3 is 2.67 bits per heavy atom. The maximum atomic E-state index is 12.6. The molecule has 0 atom stereocenters. The summed E-state index contributed by atoms with van der Waals surface area (Å²) in [6, 6.07) is 5.79. The molecule has 6 heteroatoms. The van der Waals surface area contributed by atoms with Gasteiger partial charge in [0.05, 0.1) is 6.42 Å². The van der Waals surface area contributed by atoms with Crippen molar-refractivity contribution < 1.29 is 14.4 Å². The van der Waals surface area contributed by atoms with Gasteiger partial charge >= 0.3 is 0 Å². The van der Waals surface area contributed by atoms with Crippen LogP contribution in [-0.2, 0) is 11.2 Å². The molecule has 0 unspecified atom stereocenters. The van der Waals surface area contributed by atoms with Crippen molar-refractivity contribution in [3.63, 3.8) is 0 Å². The lowest BCUT2D eigenvalue weighted by Crippen LogP contribution is -2.27. The highest BCUT2D eigenvalue weighted by atomic mass is 19.1. The first-order chi connectivity index (χ1) is 8.61. The second-order valence-electron chi connectivity index (χ2n) is 3.85. The molecule has 0 aliphatic rings. The van der Waals surface area contributed by atoms with Crippen LogP contribution >= 0.6 is 0 Å². The standard InChI is InChI=1S/C12H16FN3O2/c13-10-5-3-9(4-6-10)8-12(17)15-7-1-2-11(14)16-18/h3-6,18H,1-2,7-8H2,(H2,14,16)(H,15,17). The predicted molar refractivity (Wildman–Crippen MR) is 65.8 cm³/mol. The van der Waals surface area contributed by atoms with Gasteiger partial charge in [0.25, 0.3) is 0 Å². The fraction of sp³-hybridized carbons (Fsp3) is 0.333. The Bertz CT molecular complexity index is 418. The maximum Gasteiger partial charge on any atom is 0.224 e. The molecule has 4 N–H and O–H groups in total. The number of amidine groups is 1. The van der Waals surface area contributed by atoms with Crippen molar-refractivity contribution >= 4 is 11.7 Å². The van der Waals surface area contributed by atoms with Gasteiger partial charge in [-0.15, -0.1) is 0 Å². The monoisotopic (exact) mass is 253 g/mol. The number of oxime groups is 1. The quantitative estimate of drug-likeness (QED) is 0.232. The third-order valence-corrected chi connectivity index (χ3v) is 2.34. The van der Waals surface area contributed by atoms with Gasteiger partial charge in [0.15, 0.2) is 0 Å². The number of halogens is 1. The van der Waals surface area contributed by atoms with Gasteiger partial charge < -0.3 is 16.3 Å². The number of carbonyl (C=O) groups is 1. The number of rotatable bonds is 6. The van der Waals surface area contributed by atoms with Crippen LogP contribution in [0.4, 0.5) is 4.39 Å². The molecule has 0 aromatic heterocycles. The lowest BCUT2D eigenvalue weighted by atomic mass is 10.1. The summed E-state index contributed by atoms with van der Waals surface area (Å²) in [5.74, 6) is -0.318. The fourth-order valence-corrected chi connectivity index (χ4v) is 1.40. The zero-order valence-corrected chi connectivity index (χ0v) is 9.90. The molecular weight excluding hydrogens is 237 g/mol. The van der Waals surface area contributed by atoms with Crippen LogP contribution in [0.1, 0.15) is 18.4 Å². The highest BCUT2D eigenvalue weighted by Crippen LogP contribution is 2.03. The minimum Gasteiger partial charge on any atom is -0.409 e. The van der Waals surface area contributed by atoms with Crippen LogP contribution in [0.5, 0.6) is 0 Å². The first-order valence-corrected chi connectivity index (χ1v) is 5.59. The van der Waals surface area contributed by atoms with Crippen LogP contribution in [0.3, 0.4) is 0 Å². The number of benzene rings is 1. The van der Waals surface area contributed by atoms with Gasteiger partial charge in [-0.1, -0.05) is 17.3 Å². The van der Waals surface area contributed by atoms with E-state index in [0.29, 0.717) is 19.4 Å². The lowest BCUT2D eigenvalue weighted by molar-refractivity contribution is -0.120. The van der Waals surface area contributed by atoms with E-state index in [0.717, 1.165) is 5.56 Å². The Balaban J connectivity index is 2.23. The van der Waals surface area contributed by atoms with Crippen LogP contribution < -0.4 is 11.1 Å². The normalized spacial score (nSPS) is 11.3. The minimum atomic E-state index is -0.321. The van der Waals surface area contributed by atoms with E-state index in [2.05, 4.69) is 10.5 Å². The van der Waals surface area contributed by atoms with E-state index in [9.17, 15) is 9.18 Å². The second-order valence-corrected chi connectivity index (χ2v) is 3.85. The number of nitrogens with one attached hydrogen (secondary N) is 1. The summed E-state index contributed by atoms with van der Waals surface area (Å²) < 4.78 is 12.6. The summed E-state index contributed by atoms with van der Waals surface area (Å²) in [4.78, 5) is 11.5. The molecule has 0 spiro atoms. The van der Waals surface area contributed by atoms with E-state index in [1.807, 2.05) is 0 Å². The van der Waals surface area contributed by atoms with Gasteiger partial charge in [0.1, 0.15) is 11.7 Å². The molecule has 0 bridgehead atoms. The van der Waals surface area contributed by atoms with Crippen molar-refractivity contribution in [2.75, 3.05) is 6.54 Å². The van der Waals surface area contributed by atoms with Crippen molar-refractivity contribution in [2.45, 2.75) is 19.3 Å². The number of nitrogens with zero attached hydrogens (tertiary/aromatic N) is 1. The van der Waals surface area contributed by atoms with E-state index < -0.39 is 0 Å². The Morgan fingerprint density at radius 2 is 2.06 bits per heavy atom. The van der Waals surface area contributed by atoms with Gasteiger partial charge in [-0.2, -0.15) is 0 Å². The zero-order valence-electron chi connectivity index (χ0n) is 9.90. The van der Waals surface area contributed by atoms with E-state index in [4.69, 9.17) is 10.9 Å². The Morgan fingerprint density at radius 1 is 1.39 bits per heavy atom. The van der Waals surface area contributed by atoms with Gasteiger partial charge in [0, 0.05) is 13.0 Å². The summed E-state index contributed by atoms with van der Waals surface area (Å²) in [5, 5.41) is 13.8. The third kappa shape index (κ3) is 5.29. The third-order valence-electron chi connectivity index (χ3n) is 2.34. The smallest absolute Gasteiger partial charge is 0.224 e. The summed E-state index contributed by atoms with van der Waals surface area (Å²) in [7, 11) is 0. The van der Waals surface area contributed by atoms with Crippen LogP contribution in [0.15, 0.2) is 29.4 Å². The van der Waals surface area contributed by atoms with E-state index in [-0.39, 0.29) is 24.0 Å². The molecule has 0 aliphatic carbocycles. The second kappa shape index (κ2) is 7.26. The van der Waals surface area contributed by atoms with Gasteiger partial charge in [-0.25, -0.2) is 4.39 Å². The molecule has 1 aromatic rings. The van der Waals surface area contributed by atoms with Crippen molar-refractivity contribution in [3.8, 4) is 0 Å². The summed E-state index contributed by atoms with van der Waals surface area (Å²) in [5.41, 5.74) is 6.03. The fourth-order valence-electron chi connectivity index (χ4n) is 1.40. The molecule has 1 amide bonds. The Hall–Kier alpha value is -2.11. The Labute approximate surface area is 104 Å². The van der Waals surface area contributed by atoms with Crippen LogP contribution in [0.2, 0.25) is 0 Å². The van der Waals surface area contributed by atoms with Crippen molar-refractivity contribution in [2.24, 2.45) is 10.9 Å². The molecule has 0 heterocycles. The number of carbonyl (C=O) groups excluding carboxylic acids is 1. The highest BCUT2D eigenvalue weighted by molar-refractivity contribution is 5.80. The number of hydrogen-bond acceptors (Lipinski definition) is 3. The van der Waals surface area contributed by atoms with Gasteiger partial charge in [-0.3, -0.25) is 4.79 Å². The molecule has 0 fully saturated rings. The molecule has 0 aliphatic heterocycles. The minimum absolute atomic E-state index is 0.138. The molecule has 98 valence electrons.